The van der Waals surface area contributed by atoms with E-state index in [4.69, 9.17) is 18.9 Å². The summed E-state index contributed by atoms with van der Waals surface area (Å²) in [5.41, 5.74) is 1.06. The fourth-order valence-corrected chi connectivity index (χ4v) is 2.69. The Morgan fingerprint density at radius 2 is 1.77 bits per heavy atom. The van der Waals surface area contributed by atoms with E-state index in [-0.39, 0.29) is 5.69 Å². The number of hydrogen-bond donors (Lipinski definition) is 0. The summed E-state index contributed by atoms with van der Waals surface area (Å²) >= 11 is 1.34. The van der Waals surface area contributed by atoms with Crippen molar-refractivity contribution in [1.82, 2.24) is 4.98 Å². The lowest BCUT2D eigenvalue weighted by Gasteiger charge is -2.13. The van der Waals surface area contributed by atoms with Crippen molar-refractivity contribution in [3.05, 3.63) is 23.2 Å². The fraction of sp³-hybridized carbons (Fsp3) is 0.333. The first-order valence-electron chi connectivity index (χ1n) is 6.57. The molecule has 1 heterocycles. The number of esters is 1. The second-order valence-electron chi connectivity index (χ2n) is 4.17. The Morgan fingerprint density at radius 3 is 2.27 bits per heavy atom. The molecule has 0 N–H and O–H groups in total. The molecule has 118 valence electrons. The molecule has 0 saturated carbocycles. The predicted molar refractivity (Wildman–Crippen MR) is 83.2 cm³/mol. The number of rotatable bonds is 6. The average molecular weight is 323 g/mol. The van der Waals surface area contributed by atoms with Gasteiger partial charge in [0.2, 0.25) is 5.75 Å². The highest BCUT2D eigenvalue weighted by Crippen LogP contribution is 2.41. The van der Waals surface area contributed by atoms with Gasteiger partial charge in [-0.3, -0.25) is 0 Å². The number of carbonyl (C=O) groups excluding carboxylic acids is 1. The zero-order valence-electron chi connectivity index (χ0n) is 12.8. The van der Waals surface area contributed by atoms with Crippen LogP contribution in [0.2, 0.25) is 0 Å². The van der Waals surface area contributed by atoms with Crippen LogP contribution in [0.15, 0.2) is 17.5 Å². The lowest BCUT2D eigenvalue weighted by molar-refractivity contribution is 0.0520. The van der Waals surface area contributed by atoms with Gasteiger partial charge in [-0.25, -0.2) is 9.78 Å². The number of nitrogens with zero attached hydrogens (tertiary/aromatic N) is 1. The minimum atomic E-state index is -0.433. The Kier molecular flexibility index (Phi) is 5.21. The SMILES string of the molecule is CCOC(=O)c1csc(-c2cc(OC)c(OC)c(OC)c2)n1. The number of hydrogen-bond acceptors (Lipinski definition) is 7. The maximum atomic E-state index is 11.7. The Balaban J connectivity index is 2.42. The number of methoxy groups -OCH3 is 3. The van der Waals surface area contributed by atoms with Crippen LogP contribution in [-0.4, -0.2) is 38.9 Å². The van der Waals surface area contributed by atoms with Crippen molar-refractivity contribution in [3.8, 4) is 27.8 Å². The van der Waals surface area contributed by atoms with Crippen LogP contribution in [0.5, 0.6) is 17.2 Å². The quantitative estimate of drug-likeness (QED) is 0.761. The van der Waals surface area contributed by atoms with E-state index in [2.05, 4.69) is 4.98 Å². The molecule has 0 spiro atoms. The summed E-state index contributed by atoms with van der Waals surface area (Å²) in [6.07, 6.45) is 0. The second kappa shape index (κ2) is 7.13. The minimum absolute atomic E-state index is 0.288. The van der Waals surface area contributed by atoms with Gasteiger partial charge in [0.15, 0.2) is 17.2 Å². The van der Waals surface area contributed by atoms with Crippen molar-refractivity contribution in [2.75, 3.05) is 27.9 Å². The number of benzene rings is 1. The third-order valence-corrected chi connectivity index (χ3v) is 3.79. The first-order valence-corrected chi connectivity index (χ1v) is 7.45. The van der Waals surface area contributed by atoms with Crippen LogP contribution >= 0.6 is 11.3 Å². The molecule has 0 aliphatic carbocycles. The van der Waals surface area contributed by atoms with Crippen LogP contribution in [0, 0.1) is 0 Å². The van der Waals surface area contributed by atoms with Crippen LogP contribution in [-0.2, 0) is 4.74 Å². The van der Waals surface area contributed by atoms with Crippen LogP contribution in [0.3, 0.4) is 0 Å². The van der Waals surface area contributed by atoms with Gasteiger partial charge in [0.1, 0.15) is 5.01 Å². The summed E-state index contributed by atoms with van der Waals surface area (Å²) < 4.78 is 20.9. The zero-order valence-corrected chi connectivity index (χ0v) is 13.7. The Hall–Kier alpha value is -2.28. The molecule has 0 unspecified atom stereocenters. The molecule has 0 aliphatic rings. The lowest BCUT2D eigenvalue weighted by atomic mass is 10.2. The van der Waals surface area contributed by atoms with Gasteiger partial charge >= 0.3 is 5.97 Å². The van der Waals surface area contributed by atoms with E-state index >= 15 is 0 Å². The molecule has 1 aromatic carbocycles. The molecule has 0 aliphatic heterocycles. The zero-order chi connectivity index (χ0) is 16.1. The number of carbonyl (C=O) groups is 1. The van der Waals surface area contributed by atoms with Crippen molar-refractivity contribution in [3.63, 3.8) is 0 Å². The highest BCUT2D eigenvalue weighted by molar-refractivity contribution is 7.13. The molecule has 2 rings (SSSR count). The molecule has 2 aromatic rings. The Bertz CT molecular complexity index is 643. The minimum Gasteiger partial charge on any atom is -0.493 e. The van der Waals surface area contributed by atoms with Gasteiger partial charge in [-0.05, 0) is 19.1 Å². The van der Waals surface area contributed by atoms with Crippen molar-refractivity contribution in [1.29, 1.82) is 0 Å². The molecular formula is C15H17NO5S. The van der Waals surface area contributed by atoms with Gasteiger partial charge in [0.25, 0.3) is 0 Å². The first-order chi connectivity index (χ1) is 10.6. The molecule has 0 fully saturated rings. The summed E-state index contributed by atoms with van der Waals surface area (Å²) in [6.45, 7) is 2.07. The Labute approximate surface area is 132 Å². The van der Waals surface area contributed by atoms with Gasteiger partial charge in [0, 0.05) is 10.9 Å². The maximum absolute atomic E-state index is 11.7. The smallest absolute Gasteiger partial charge is 0.357 e. The monoisotopic (exact) mass is 323 g/mol. The molecule has 0 saturated heterocycles. The largest absolute Gasteiger partial charge is 0.493 e. The van der Waals surface area contributed by atoms with E-state index in [0.29, 0.717) is 28.9 Å². The highest BCUT2D eigenvalue weighted by atomic mass is 32.1. The van der Waals surface area contributed by atoms with E-state index in [9.17, 15) is 4.79 Å². The molecule has 22 heavy (non-hydrogen) atoms. The normalized spacial score (nSPS) is 10.2. The third-order valence-electron chi connectivity index (χ3n) is 2.90. The van der Waals surface area contributed by atoms with Crippen LogP contribution in [0.4, 0.5) is 0 Å². The van der Waals surface area contributed by atoms with Gasteiger partial charge < -0.3 is 18.9 Å². The molecule has 0 amide bonds. The van der Waals surface area contributed by atoms with Crippen molar-refractivity contribution in [2.45, 2.75) is 6.92 Å². The van der Waals surface area contributed by atoms with Gasteiger partial charge in [-0.1, -0.05) is 0 Å². The molecule has 7 heteroatoms. The van der Waals surface area contributed by atoms with E-state index in [1.807, 2.05) is 0 Å². The summed E-state index contributed by atoms with van der Waals surface area (Å²) in [5, 5.41) is 2.33. The maximum Gasteiger partial charge on any atom is 0.357 e. The van der Waals surface area contributed by atoms with Crippen LogP contribution < -0.4 is 14.2 Å². The molecule has 0 bridgehead atoms. The van der Waals surface area contributed by atoms with Crippen LogP contribution in [0.1, 0.15) is 17.4 Å². The molecular weight excluding hydrogens is 306 g/mol. The number of aromatic nitrogens is 1. The first kappa shape index (κ1) is 16.1. The molecule has 0 radical (unpaired) electrons. The second-order valence-corrected chi connectivity index (χ2v) is 5.03. The van der Waals surface area contributed by atoms with Crippen molar-refractivity contribution >= 4 is 17.3 Å². The third kappa shape index (κ3) is 3.14. The van der Waals surface area contributed by atoms with E-state index < -0.39 is 5.97 Å². The Morgan fingerprint density at radius 1 is 1.14 bits per heavy atom. The molecule has 1 aromatic heterocycles. The van der Waals surface area contributed by atoms with E-state index in [1.165, 1.54) is 11.3 Å². The summed E-state index contributed by atoms with van der Waals surface area (Å²) in [6, 6.07) is 3.57. The van der Waals surface area contributed by atoms with Gasteiger partial charge in [-0.15, -0.1) is 11.3 Å². The van der Waals surface area contributed by atoms with E-state index in [1.54, 1.807) is 45.8 Å². The summed E-state index contributed by atoms with van der Waals surface area (Å²) in [4.78, 5) is 16.0. The fourth-order valence-electron chi connectivity index (χ4n) is 1.91. The average Bonchev–Trinajstić information content (AvgIpc) is 3.03. The molecule has 0 atom stereocenters. The van der Waals surface area contributed by atoms with Gasteiger partial charge in [0.05, 0.1) is 27.9 Å². The molecule has 6 nitrogen and oxygen atoms in total. The van der Waals surface area contributed by atoms with Crippen molar-refractivity contribution < 1.29 is 23.7 Å². The summed E-state index contributed by atoms with van der Waals surface area (Å²) in [7, 11) is 4.64. The van der Waals surface area contributed by atoms with Crippen LogP contribution in [0.25, 0.3) is 10.6 Å². The standard InChI is InChI=1S/C15H17NO5S/c1-5-21-15(17)10-8-22-14(16-10)9-6-11(18-2)13(20-4)12(7-9)19-3/h6-8H,5H2,1-4H3. The topological polar surface area (TPSA) is 66.9 Å². The van der Waals surface area contributed by atoms with Crippen molar-refractivity contribution in [2.24, 2.45) is 0 Å². The number of ether oxygens (including phenoxy) is 4. The number of thiazole rings is 1. The predicted octanol–water partition coefficient (Wildman–Crippen LogP) is 3.01. The highest BCUT2D eigenvalue weighted by Gasteiger charge is 2.17. The van der Waals surface area contributed by atoms with E-state index in [0.717, 1.165) is 5.56 Å². The lowest BCUT2D eigenvalue weighted by Crippen LogP contribution is -2.04. The van der Waals surface area contributed by atoms with Gasteiger partial charge in [-0.2, -0.15) is 0 Å². The summed E-state index contributed by atoms with van der Waals surface area (Å²) in [5.74, 6) is 1.14.